The van der Waals surface area contributed by atoms with E-state index < -0.39 is 0 Å². The van der Waals surface area contributed by atoms with Crippen molar-refractivity contribution in [1.82, 2.24) is 4.98 Å². The number of benzene rings is 2. The first-order chi connectivity index (χ1) is 12.8. The van der Waals surface area contributed by atoms with E-state index in [2.05, 4.69) is 45.9 Å². The van der Waals surface area contributed by atoms with Crippen molar-refractivity contribution in [1.29, 1.82) is 0 Å². The molecule has 5 heteroatoms. The number of aromatic nitrogens is 1. The Morgan fingerprint density at radius 1 is 1.04 bits per heavy atom. The lowest BCUT2D eigenvalue weighted by atomic mass is 10.1. The summed E-state index contributed by atoms with van der Waals surface area (Å²) in [6.45, 7) is 9.96. The van der Waals surface area contributed by atoms with Gasteiger partial charge in [0.2, 0.25) is 5.91 Å². The molecule has 1 heterocycles. The van der Waals surface area contributed by atoms with Gasteiger partial charge in [-0.1, -0.05) is 23.8 Å². The molecule has 0 aliphatic heterocycles. The van der Waals surface area contributed by atoms with Crippen LogP contribution in [-0.2, 0) is 10.5 Å². The van der Waals surface area contributed by atoms with E-state index in [-0.39, 0.29) is 5.91 Å². The van der Waals surface area contributed by atoms with Crippen molar-refractivity contribution < 1.29 is 4.79 Å². The lowest BCUT2D eigenvalue weighted by Gasteiger charge is -2.19. The zero-order chi connectivity index (χ0) is 19.6. The maximum absolute atomic E-state index is 12.3. The standard InChI is InChI=1S/C22H24N2OS2/c1-14-6-9-21(17(4)10-14)26-12-19-13-27-22(23-19)24(18(5)25)20-8-7-15(2)16(3)11-20/h6-11,13H,12H2,1-5H3. The van der Waals surface area contributed by atoms with Crippen molar-refractivity contribution in [3.63, 3.8) is 0 Å². The second-order valence-electron chi connectivity index (χ2n) is 6.80. The number of carbonyl (C=O) groups excluding carboxylic acids is 1. The molecule has 3 nitrogen and oxygen atoms in total. The molecule has 1 aromatic heterocycles. The van der Waals surface area contributed by atoms with Crippen LogP contribution in [-0.4, -0.2) is 10.9 Å². The molecule has 0 atom stereocenters. The lowest BCUT2D eigenvalue weighted by Crippen LogP contribution is -2.22. The van der Waals surface area contributed by atoms with Gasteiger partial charge in [-0.3, -0.25) is 9.69 Å². The maximum atomic E-state index is 12.3. The third-order valence-corrected chi connectivity index (χ3v) is 6.58. The number of rotatable bonds is 5. The number of aryl methyl sites for hydroxylation is 4. The van der Waals surface area contributed by atoms with Crippen molar-refractivity contribution >= 4 is 39.8 Å². The summed E-state index contributed by atoms with van der Waals surface area (Å²) >= 11 is 3.30. The molecule has 2 aromatic carbocycles. The average Bonchev–Trinajstić information content (AvgIpc) is 3.05. The highest BCUT2D eigenvalue weighted by Crippen LogP contribution is 2.33. The fraction of sp³-hybridized carbons (Fsp3) is 0.273. The Labute approximate surface area is 169 Å². The zero-order valence-corrected chi connectivity index (χ0v) is 18.0. The van der Waals surface area contributed by atoms with Crippen LogP contribution in [0.5, 0.6) is 0 Å². The summed E-state index contributed by atoms with van der Waals surface area (Å²) in [5.74, 6) is 0.764. The summed E-state index contributed by atoms with van der Waals surface area (Å²) in [6, 6.07) is 12.6. The number of carbonyl (C=O) groups is 1. The van der Waals surface area contributed by atoms with Crippen LogP contribution in [0.2, 0.25) is 0 Å². The minimum atomic E-state index is -0.0267. The Kier molecular flexibility index (Phi) is 6.02. The van der Waals surface area contributed by atoms with Gasteiger partial charge in [-0.25, -0.2) is 4.98 Å². The average molecular weight is 397 g/mol. The number of anilines is 2. The van der Waals surface area contributed by atoms with Crippen LogP contribution in [0.1, 0.15) is 34.9 Å². The van der Waals surface area contributed by atoms with E-state index in [9.17, 15) is 4.79 Å². The number of nitrogens with zero attached hydrogens (tertiary/aromatic N) is 2. The largest absolute Gasteiger partial charge is 0.274 e. The van der Waals surface area contributed by atoms with Gasteiger partial charge in [0.25, 0.3) is 0 Å². The Morgan fingerprint density at radius 3 is 2.48 bits per heavy atom. The van der Waals surface area contributed by atoms with Gasteiger partial charge in [-0.2, -0.15) is 0 Å². The Balaban J connectivity index is 1.79. The first-order valence-corrected chi connectivity index (χ1v) is 10.7. The summed E-state index contributed by atoms with van der Waals surface area (Å²) in [7, 11) is 0. The van der Waals surface area contributed by atoms with Crippen LogP contribution >= 0.6 is 23.1 Å². The monoisotopic (exact) mass is 396 g/mol. The summed E-state index contributed by atoms with van der Waals surface area (Å²) in [5, 5.41) is 2.77. The lowest BCUT2D eigenvalue weighted by molar-refractivity contribution is -0.115. The van der Waals surface area contributed by atoms with Crippen molar-refractivity contribution in [3.8, 4) is 0 Å². The van der Waals surface area contributed by atoms with Gasteiger partial charge in [-0.05, 0) is 62.6 Å². The summed E-state index contributed by atoms with van der Waals surface area (Å²) in [4.78, 5) is 20.0. The Hall–Kier alpha value is -2.11. The van der Waals surface area contributed by atoms with Gasteiger partial charge in [0.15, 0.2) is 5.13 Å². The number of thioether (sulfide) groups is 1. The molecule has 0 saturated heterocycles. The van der Waals surface area contributed by atoms with Gasteiger partial charge in [0.1, 0.15) is 0 Å². The smallest absolute Gasteiger partial charge is 0.230 e. The molecule has 0 spiro atoms. The molecule has 0 fully saturated rings. The molecular weight excluding hydrogens is 372 g/mol. The number of amides is 1. The molecule has 3 rings (SSSR count). The molecule has 0 N–H and O–H groups in total. The molecule has 1 amide bonds. The van der Waals surface area contributed by atoms with E-state index in [1.165, 1.54) is 38.5 Å². The SMILES string of the molecule is CC(=O)N(c1ccc(C)c(C)c1)c1nc(CSc2ccc(C)cc2C)cs1. The topological polar surface area (TPSA) is 33.2 Å². The van der Waals surface area contributed by atoms with Gasteiger partial charge in [0.05, 0.1) is 11.4 Å². The second kappa shape index (κ2) is 8.28. The summed E-state index contributed by atoms with van der Waals surface area (Å²) in [6.07, 6.45) is 0. The molecule has 3 aromatic rings. The maximum Gasteiger partial charge on any atom is 0.230 e. The Morgan fingerprint density at radius 2 is 1.81 bits per heavy atom. The molecule has 0 aliphatic rings. The first-order valence-electron chi connectivity index (χ1n) is 8.87. The van der Waals surface area contributed by atoms with Crippen LogP contribution < -0.4 is 4.90 Å². The van der Waals surface area contributed by atoms with Crippen LogP contribution in [0.25, 0.3) is 0 Å². The van der Waals surface area contributed by atoms with Gasteiger partial charge >= 0.3 is 0 Å². The summed E-state index contributed by atoms with van der Waals surface area (Å²) in [5.41, 5.74) is 6.81. The van der Waals surface area contributed by atoms with E-state index in [1.807, 2.05) is 23.6 Å². The van der Waals surface area contributed by atoms with Crippen LogP contribution in [0, 0.1) is 27.7 Å². The molecule has 0 radical (unpaired) electrons. The number of hydrogen-bond donors (Lipinski definition) is 0. The highest BCUT2D eigenvalue weighted by Gasteiger charge is 2.18. The van der Waals surface area contributed by atoms with E-state index in [1.54, 1.807) is 23.6 Å². The predicted octanol–water partition coefficient (Wildman–Crippen LogP) is 6.35. The van der Waals surface area contributed by atoms with Crippen molar-refractivity contribution in [3.05, 3.63) is 69.7 Å². The van der Waals surface area contributed by atoms with Crippen LogP contribution in [0.4, 0.5) is 10.8 Å². The molecule has 0 saturated carbocycles. The van der Waals surface area contributed by atoms with Gasteiger partial charge in [-0.15, -0.1) is 23.1 Å². The zero-order valence-electron chi connectivity index (χ0n) is 16.4. The normalized spacial score (nSPS) is 10.9. The molecule has 27 heavy (non-hydrogen) atoms. The molecule has 0 aliphatic carbocycles. The van der Waals surface area contributed by atoms with Crippen LogP contribution in [0.15, 0.2) is 46.7 Å². The highest BCUT2D eigenvalue weighted by atomic mass is 32.2. The minimum Gasteiger partial charge on any atom is -0.274 e. The molecule has 140 valence electrons. The second-order valence-corrected chi connectivity index (χ2v) is 8.66. The van der Waals surface area contributed by atoms with Crippen molar-refractivity contribution in [2.45, 2.75) is 45.3 Å². The third kappa shape index (κ3) is 4.60. The predicted molar refractivity (Wildman–Crippen MR) is 116 cm³/mol. The number of thiazole rings is 1. The van der Waals surface area contributed by atoms with Gasteiger partial charge < -0.3 is 0 Å². The number of hydrogen-bond acceptors (Lipinski definition) is 4. The third-order valence-electron chi connectivity index (χ3n) is 4.50. The summed E-state index contributed by atoms with van der Waals surface area (Å²) < 4.78 is 0. The minimum absolute atomic E-state index is 0.0267. The van der Waals surface area contributed by atoms with Crippen molar-refractivity contribution in [2.75, 3.05) is 4.90 Å². The highest BCUT2D eigenvalue weighted by molar-refractivity contribution is 7.98. The van der Waals surface area contributed by atoms with E-state index in [4.69, 9.17) is 4.98 Å². The van der Waals surface area contributed by atoms with E-state index in [0.717, 1.165) is 22.3 Å². The van der Waals surface area contributed by atoms with Gasteiger partial charge in [0, 0.05) is 23.0 Å². The molecule has 0 unspecified atom stereocenters. The molecule has 0 bridgehead atoms. The first kappa shape index (κ1) is 19.6. The van der Waals surface area contributed by atoms with E-state index >= 15 is 0 Å². The Bertz CT molecular complexity index is 978. The fourth-order valence-corrected chi connectivity index (χ4v) is 4.76. The van der Waals surface area contributed by atoms with E-state index in [0.29, 0.717) is 0 Å². The van der Waals surface area contributed by atoms with Crippen LogP contribution in [0.3, 0.4) is 0 Å². The molecular formula is C22H24N2OS2. The van der Waals surface area contributed by atoms with Crippen molar-refractivity contribution in [2.24, 2.45) is 0 Å². The quantitative estimate of drug-likeness (QED) is 0.471. The fourth-order valence-electron chi connectivity index (χ4n) is 2.87.